The summed E-state index contributed by atoms with van der Waals surface area (Å²) in [6.45, 7) is 2.39. The summed E-state index contributed by atoms with van der Waals surface area (Å²) in [6, 6.07) is 0. The fourth-order valence-corrected chi connectivity index (χ4v) is 6.42. The molecule has 0 bridgehead atoms. The summed E-state index contributed by atoms with van der Waals surface area (Å²) >= 11 is 0. The Labute approximate surface area is 132 Å². The lowest BCUT2D eigenvalue weighted by Crippen LogP contribution is -2.55. The van der Waals surface area contributed by atoms with Crippen LogP contribution in [0.1, 0.15) is 51.9 Å². The van der Waals surface area contributed by atoms with Gasteiger partial charge in [-0.2, -0.15) is 0 Å². The topological polar surface area (TPSA) is 54.4 Å². The Balaban J connectivity index is 1.67. The third-order valence-electron chi connectivity index (χ3n) is 7.79. The van der Waals surface area contributed by atoms with Crippen LogP contribution in [0.4, 0.5) is 0 Å². The second-order valence-electron chi connectivity index (χ2n) is 8.40. The van der Waals surface area contributed by atoms with Gasteiger partial charge in [-0.25, -0.2) is 0 Å². The summed E-state index contributed by atoms with van der Waals surface area (Å²) in [4.78, 5) is 24.2. The molecule has 4 rings (SSSR count). The second kappa shape index (κ2) is 4.77. The monoisotopic (exact) mass is 302 g/mol. The van der Waals surface area contributed by atoms with Gasteiger partial charge in [-0.3, -0.25) is 9.59 Å². The minimum absolute atomic E-state index is 0.00858. The van der Waals surface area contributed by atoms with E-state index in [4.69, 9.17) is 0 Å². The van der Waals surface area contributed by atoms with Crippen molar-refractivity contribution in [1.82, 2.24) is 0 Å². The minimum Gasteiger partial charge on any atom is -0.395 e. The Morgan fingerprint density at radius 2 is 2.05 bits per heavy atom. The first-order valence-electron chi connectivity index (χ1n) is 8.86. The summed E-state index contributed by atoms with van der Waals surface area (Å²) in [5, 5.41) is 9.94. The zero-order valence-electron chi connectivity index (χ0n) is 13.4. The van der Waals surface area contributed by atoms with Gasteiger partial charge < -0.3 is 5.11 Å². The van der Waals surface area contributed by atoms with Crippen molar-refractivity contribution in [3.05, 3.63) is 12.2 Å². The first-order valence-corrected chi connectivity index (χ1v) is 8.86. The Morgan fingerprint density at radius 1 is 1.23 bits per heavy atom. The predicted molar refractivity (Wildman–Crippen MR) is 83.1 cm³/mol. The van der Waals surface area contributed by atoms with Gasteiger partial charge in [0.25, 0.3) is 0 Å². The molecule has 0 aromatic heterocycles. The molecule has 0 aliphatic heterocycles. The SMILES string of the molecule is C[C@]12CCC(=O)CC1CC[C@H]1[C@@H]3C=CC(=O)[C@@]3(CO)CC[C@@H]12. The summed E-state index contributed by atoms with van der Waals surface area (Å²) in [7, 11) is 0. The van der Waals surface area contributed by atoms with Crippen LogP contribution in [-0.2, 0) is 9.59 Å². The van der Waals surface area contributed by atoms with E-state index in [1.807, 2.05) is 0 Å². The van der Waals surface area contributed by atoms with Gasteiger partial charge >= 0.3 is 0 Å². The standard InChI is InChI=1S/C19H26O3/c1-18-8-6-13(21)10-12(18)2-3-14-15(18)7-9-19(11-20)16(14)4-5-17(19)22/h4-5,12,14-16,20H,2-3,6-11H2,1H3/t12?,14-,15+,16+,18+,19-/m1/s1. The number of ketones is 2. The van der Waals surface area contributed by atoms with Crippen LogP contribution in [0.2, 0.25) is 0 Å². The van der Waals surface area contributed by atoms with Crippen molar-refractivity contribution >= 4 is 11.6 Å². The summed E-state index contributed by atoms with van der Waals surface area (Å²) in [5.74, 6) is 2.47. The number of carbonyl (C=O) groups excluding carboxylic acids is 2. The molecule has 3 nitrogen and oxygen atoms in total. The number of aliphatic hydroxyl groups is 1. The van der Waals surface area contributed by atoms with Crippen molar-refractivity contribution < 1.29 is 14.7 Å². The maximum Gasteiger partial charge on any atom is 0.164 e. The lowest BCUT2D eigenvalue weighted by molar-refractivity contribution is -0.147. The van der Waals surface area contributed by atoms with Crippen molar-refractivity contribution in [3.8, 4) is 0 Å². The van der Waals surface area contributed by atoms with Crippen molar-refractivity contribution in [1.29, 1.82) is 0 Å². The van der Waals surface area contributed by atoms with Gasteiger partial charge in [0.15, 0.2) is 5.78 Å². The average Bonchev–Trinajstić information content (AvgIpc) is 2.86. The van der Waals surface area contributed by atoms with Gasteiger partial charge in [0.1, 0.15) is 5.78 Å². The van der Waals surface area contributed by atoms with E-state index in [-0.39, 0.29) is 23.7 Å². The highest BCUT2D eigenvalue weighted by Gasteiger charge is 2.60. The van der Waals surface area contributed by atoms with Gasteiger partial charge in [0.2, 0.25) is 0 Å². The first kappa shape index (κ1) is 14.6. The smallest absolute Gasteiger partial charge is 0.164 e. The van der Waals surface area contributed by atoms with Crippen LogP contribution >= 0.6 is 0 Å². The molecule has 4 aliphatic rings. The van der Waals surface area contributed by atoms with E-state index in [1.165, 1.54) is 0 Å². The quantitative estimate of drug-likeness (QED) is 0.810. The van der Waals surface area contributed by atoms with Crippen molar-refractivity contribution in [2.75, 3.05) is 6.61 Å². The lowest BCUT2D eigenvalue weighted by Gasteiger charge is -2.59. The summed E-state index contributed by atoms with van der Waals surface area (Å²) in [6.07, 6.45) is 10.4. The van der Waals surface area contributed by atoms with Gasteiger partial charge in [0, 0.05) is 12.8 Å². The predicted octanol–water partition coefficient (Wildman–Crippen LogP) is 2.92. The fraction of sp³-hybridized carbons (Fsp3) is 0.789. The van der Waals surface area contributed by atoms with Gasteiger partial charge in [-0.1, -0.05) is 13.0 Å². The molecule has 22 heavy (non-hydrogen) atoms. The highest BCUT2D eigenvalue weighted by atomic mass is 16.3. The van der Waals surface area contributed by atoms with Crippen molar-refractivity contribution in [3.63, 3.8) is 0 Å². The first-order chi connectivity index (χ1) is 10.5. The summed E-state index contributed by atoms with van der Waals surface area (Å²) < 4.78 is 0. The molecule has 1 N–H and O–H groups in total. The fourth-order valence-electron chi connectivity index (χ4n) is 6.42. The maximum atomic E-state index is 12.4. The zero-order chi connectivity index (χ0) is 15.5. The van der Waals surface area contributed by atoms with Gasteiger partial charge in [0.05, 0.1) is 12.0 Å². The van der Waals surface area contributed by atoms with Crippen LogP contribution in [0.3, 0.4) is 0 Å². The van der Waals surface area contributed by atoms with E-state index < -0.39 is 5.41 Å². The molecule has 0 aromatic rings. The number of aliphatic hydroxyl groups excluding tert-OH is 1. The number of hydrogen-bond donors (Lipinski definition) is 1. The van der Waals surface area contributed by atoms with Crippen LogP contribution in [0.5, 0.6) is 0 Å². The molecular weight excluding hydrogens is 276 g/mol. The highest BCUT2D eigenvalue weighted by molar-refractivity contribution is 5.98. The number of carbonyl (C=O) groups is 2. The van der Waals surface area contributed by atoms with Crippen LogP contribution in [0.25, 0.3) is 0 Å². The third kappa shape index (κ3) is 1.72. The molecule has 0 spiro atoms. The summed E-state index contributed by atoms with van der Waals surface area (Å²) in [5.41, 5.74) is -0.257. The number of allylic oxidation sites excluding steroid dienone is 2. The molecule has 0 aromatic carbocycles. The van der Waals surface area contributed by atoms with Crippen LogP contribution < -0.4 is 0 Å². The van der Waals surface area contributed by atoms with E-state index >= 15 is 0 Å². The normalized spacial score (nSPS) is 50.5. The number of fused-ring (bicyclic) bond motifs is 5. The lowest BCUT2D eigenvalue weighted by atomic mass is 9.45. The minimum atomic E-state index is -0.519. The van der Waals surface area contributed by atoms with E-state index in [1.54, 1.807) is 6.08 Å². The average molecular weight is 302 g/mol. The van der Waals surface area contributed by atoms with Gasteiger partial charge in [-0.15, -0.1) is 0 Å². The molecule has 0 saturated heterocycles. The van der Waals surface area contributed by atoms with Crippen LogP contribution in [-0.4, -0.2) is 23.3 Å². The molecule has 4 aliphatic carbocycles. The van der Waals surface area contributed by atoms with Crippen LogP contribution in [0, 0.1) is 34.5 Å². The molecule has 0 amide bonds. The Bertz CT molecular complexity index is 551. The van der Waals surface area contributed by atoms with E-state index in [2.05, 4.69) is 13.0 Å². The molecular formula is C19H26O3. The molecule has 0 radical (unpaired) electrons. The second-order valence-corrected chi connectivity index (χ2v) is 8.40. The molecule has 3 heteroatoms. The van der Waals surface area contributed by atoms with E-state index in [0.717, 1.165) is 44.9 Å². The van der Waals surface area contributed by atoms with Crippen LogP contribution in [0.15, 0.2) is 12.2 Å². The Kier molecular flexibility index (Phi) is 3.17. The Hall–Kier alpha value is -0.960. The maximum absolute atomic E-state index is 12.4. The number of Topliss-reactive ketones (excluding diaryl/α,β-unsaturated/α-hetero) is 1. The third-order valence-corrected chi connectivity index (χ3v) is 7.79. The number of hydrogen-bond acceptors (Lipinski definition) is 3. The largest absolute Gasteiger partial charge is 0.395 e. The molecule has 120 valence electrons. The zero-order valence-corrected chi connectivity index (χ0v) is 13.4. The highest BCUT2D eigenvalue weighted by Crippen LogP contribution is 2.64. The molecule has 0 heterocycles. The van der Waals surface area contributed by atoms with Crippen molar-refractivity contribution in [2.45, 2.75) is 51.9 Å². The number of rotatable bonds is 1. The molecule has 1 unspecified atom stereocenters. The molecule has 6 atom stereocenters. The molecule has 3 saturated carbocycles. The van der Waals surface area contributed by atoms with E-state index in [9.17, 15) is 14.7 Å². The van der Waals surface area contributed by atoms with E-state index in [0.29, 0.717) is 23.5 Å². The molecule has 3 fully saturated rings. The van der Waals surface area contributed by atoms with Gasteiger partial charge in [-0.05, 0) is 67.3 Å². The van der Waals surface area contributed by atoms with Crippen molar-refractivity contribution in [2.24, 2.45) is 34.5 Å². The Morgan fingerprint density at radius 3 is 2.82 bits per heavy atom.